The number of nitrogens with one attached hydrogen (secondary N) is 1. The third-order valence-electron chi connectivity index (χ3n) is 8.31. The summed E-state index contributed by atoms with van der Waals surface area (Å²) < 4.78 is 86.6. The number of likely N-dealkylation sites (tertiary alicyclic amines) is 1. The summed E-state index contributed by atoms with van der Waals surface area (Å²) in [5.74, 6) is -3.62. The number of nitrogens with zero attached hydrogens (tertiary/aromatic N) is 4. The van der Waals surface area contributed by atoms with Crippen LogP contribution in [0, 0.1) is 25.5 Å². The maximum atomic E-state index is 16.5. The SMILES string of the molecule is COC1CN(C(=O)C2CN3c4nc(C)c(C)c5c(F)c(-c6cc(N)cc(F)c6OC(F)(F)F)nc(c45)OC(C)C3CN2)C1. The van der Waals surface area contributed by atoms with Gasteiger partial charge in [-0.2, -0.15) is 0 Å². The molecule has 2 saturated heterocycles. The van der Waals surface area contributed by atoms with Crippen LogP contribution >= 0.6 is 0 Å². The normalized spacial score (nSPS) is 22.1. The fourth-order valence-electron chi connectivity index (χ4n) is 5.90. The van der Waals surface area contributed by atoms with E-state index in [4.69, 9.17) is 20.2 Å². The molecule has 3 unspecified atom stereocenters. The molecular formula is C28H29F5N6O4. The van der Waals surface area contributed by atoms with Gasteiger partial charge in [-0.3, -0.25) is 4.79 Å². The standard InChI is InChI=1S/C28H29F5N6O4/c1-11-12(2)36-25-21-20(11)22(30)23(16-5-14(34)6-17(29)24(16)43-28(31,32)33)37-26(21)42-13(3)19-7-35-18(10-39(19)25)27(40)38-8-15(9-38)41-4/h5-6,13,15,18-19,35H,7-10,34H2,1-4H3. The van der Waals surface area contributed by atoms with Crippen LogP contribution in [0.15, 0.2) is 12.1 Å². The lowest BCUT2D eigenvalue weighted by Crippen LogP contribution is -2.67. The predicted octanol–water partition coefficient (Wildman–Crippen LogP) is 3.46. The molecule has 3 aromatic rings. The number of amides is 1. The van der Waals surface area contributed by atoms with Gasteiger partial charge in [0.05, 0.1) is 23.1 Å². The number of methoxy groups -OCH3 is 1. The Morgan fingerprint density at radius 1 is 1.14 bits per heavy atom. The molecule has 6 rings (SSSR count). The summed E-state index contributed by atoms with van der Waals surface area (Å²) in [5, 5.41) is 3.46. The van der Waals surface area contributed by atoms with Crippen molar-refractivity contribution < 1.29 is 41.0 Å². The summed E-state index contributed by atoms with van der Waals surface area (Å²) >= 11 is 0. The lowest BCUT2D eigenvalue weighted by molar-refractivity contribution is -0.275. The summed E-state index contributed by atoms with van der Waals surface area (Å²) in [4.78, 5) is 25.9. The van der Waals surface area contributed by atoms with Crippen LogP contribution < -0.4 is 25.4 Å². The van der Waals surface area contributed by atoms with E-state index < -0.39 is 47.1 Å². The Labute approximate surface area is 242 Å². The van der Waals surface area contributed by atoms with Gasteiger partial charge in [0.25, 0.3) is 0 Å². The molecule has 1 aromatic carbocycles. The number of aryl methyl sites for hydroxylation is 2. The van der Waals surface area contributed by atoms with Crippen LogP contribution in [0.25, 0.3) is 22.0 Å². The molecular weight excluding hydrogens is 579 g/mol. The molecule has 3 atom stereocenters. The minimum atomic E-state index is -5.27. The van der Waals surface area contributed by atoms with Crippen LogP contribution in [0.4, 0.5) is 33.5 Å². The molecule has 0 aliphatic carbocycles. The zero-order chi connectivity index (χ0) is 31.0. The quantitative estimate of drug-likeness (QED) is 0.340. The van der Waals surface area contributed by atoms with Crippen LogP contribution in [-0.2, 0) is 9.53 Å². The van der Waals surface area contributed by atoms with Gasteiger partial charge in [0.1, 0.15) is 23.7 Å². The van der Waals surface area contributed by atoms with Crippen molar-refractivity contribution in [1.29, 1.82) is 0 Å². The zero-order valence-electron chi connectivity index (χ0n) is 23.7. The van der Waals surface area contributed by atoms with Gasteiger partial charge in [-0.05, 0) is 32.4 Å². The molecule has 43 heavy (non-hydrogen) atoms. The van der Waals surface area contributed by atoms with Gasteiger partial charge in [0.15, 0.2) is 17.4 Å². The number of carbonyl (C=O) groups excluding carboxylic acids is 1. The Kier molecular flexibility index (Phi) is 6.99. The van der Waals surface area contributed by atoms with E-state index in [1.807, 2.05) is 4.90 Å². The maximum Gasteiger partial charge on any atom is 0.573 e. The fourth-order valence-corrected chi connectivity index (χ4v) is 5.90. The van der Waals surface area contributed by atoms with Crippen molar-refractivity contribution in [3.63, 3.8) is 0 Å². The Hall–Kier alpha value is -3.98. The topological polar surface area (TPSA) is 115 Å². The number of halogens is 5. The van der Waals surface area contributed by atoms with Crippen molar-refractivity contribution in [1.82, 2.24) is 20.2 Å². The second-order valence-electron chi connectivity index (χ2n) is 11.0. The van der Waals surface area contributed by atoms with Crippen LogP contribution in [0.1, 0.15) is 18.2 Å². The highest BCUT2D eigenvalue weighted by molar-refractivity contribution is 6.02. The van der Waals surface area contributed by atoms with Crippen molar-refractivity contribution in [2.45, 2.75) is 51.4 Å². The van der Waals surface area contributed by atoms with Crippen molar-refractivity contribution in [3.05, 3.63) is 35.0 Å². The Morgan fingerprint density at radius 3 is 2.53 bits per heavy atom. The number of rotatable bonds is 4. The van der Waals surface area contributed by atoms with Crippen molar-refractivity contribution in [3.8, 4) is 22.9 Å². The largest absolute Gasteiger partial charge is 0.573 e. The van der Waals surface area contributed by atoms with E-state index in [0.717, 1.165) is 6.07 Å². The fraction of sp³-hybridized carbons (Fsp3) is 0.464. The average molecular weight is 609 g/mol. The zero-order valence-corrected chi connectivity index (χ0v) is 23.7. The third kappa shape index (κ3) is 4.93. The summed E-state index contributed by atoms with van der Waals surface area (Å²) in [6.07, 6.45) is -5.87. The first-order chi connectivity index (χ1) is 20.3. The van der Waals surface area contributed by atoms with Gasteiger partial charge in [-0.25, -0.2) is 18.7 Å². The molecule has 2 fully saturated rings. The smallest absolute Gasteiger partial charge is 0.472 e. The minimum Gasteiger partial charge on any atom is -0.472 e. The van der Waals surface area contributed by atoms with E-state index in [0.29, 0.717) is 42.8 Å². The van der Waals surface area contributed by atoms with Crippen LogP contribution in [0.5, 0.6) is 11.6 Å². The van der Waals surface area contributed by atoms with E-state index in [1.54, 1.807) is 32.8 Å². The minimum absolute atomic E-state index is 0.0109. The number of anilines is 2. The van der Waals surface area contributed by atoms with Gasteiger partial charge in [0, 0.05) is 56.1 Å². The van der Waals surface area contributed by atoms with Crippen molar-refractivity contribution >= 4 is 28.2 Å². The number of hydrogen-bond acceptors (Lipinski definition) is 9. The summed E-state index contributed by atoms with van der Waals surface area (Å²) in [5.41, 5.74) is 5.05. The number of pyridine rings is 2. The van der Waals surface area contributed by atoms with E-state index in [1.165, 1.54) is 0 Å². The first kappa shape index (κ1) is 29.1. The number of alkyl halides is 3. The molecule has 0 spiro atoms. The molecule has 5 heterocycles. The second kappa shape index (κ2) is 10.3. The van der Waals surface area contributed by atoms with Crippen molar-refractivity contribution in [2.75, 3.05) is 43.9 Å². The molecule has 3 aliphatic heterocycles. The third-order valence-corrected chi connectivity index (χ3v) is 8.31. The van der Waals surface area contributed by atoms with Gasteiger partial charge in [-0.1, -0.05) is 0 Å². The highest BCUT2D eigenvalue weighted by Crippen LogP contribution is 2.46. The summed E-state index contributed by atoms with van der Waals surface area (Å²) in [6.45, 7) is 6.52. The number of nitrogens with two attached hydrogens (primary N) is 1. The van der Waals surface area contributed by atoms with E-state index in [-0.39, 0.29) is 46.9 Å². The van der Waals surface area contributed by atoms with Crippen molar-refractivity contribution in [2.24, 2.45) is 0 Å². The Bertz CT molecular complexity index is 1630. The molecule has 15 heteroatoms. The molecule has 3 aliphatic rings. The first-order valence-corrected chi connectivity index (χ1v) is 13.6. The number of fused-ring (bicyclic) bond motifs is 2. The summed E-state index contributed by atoms with van der Waals surface area (Å²) in [6, 6.07) is 0.661. The van der Waals surface area contributed by atoms with Crippen LogP contribution in [0.3, 0.4) is 0 Å². The predicted molar refractivity (Wildman–Crippen MR) is 146 cm³/mol. The molecule has 3 N–H and O–H groups in total. The Morgan fingerprint density at radius 2 is 1.86 bits per heavy atom. The highest BCUT2D eigenvalue weighted by atomic mass is 19.4. The molecule has 230 valence electrons. The molecule has 0 bridgehead atoms. The average Bonchev–Trinajstić information content (AvgIpc) is 3.02. The second-order valence-corrected chi connectivity index (χ2v) is 11.0. The van der Waals surface area contributed by atoms with Gasteiger partial charge in [0.2, 0.25) is 11.8 Å². The van der Waals surface area contributed by atoms with Gasteiger partial charge < -0.3 is 35.1 Å². The summed E-state index contributed by atoms with van der Waals surface area (Å²) in [7, 11) is 1.59. The van der Waals surface area contributed by atoms with Crippen LogP contribution in [0.2, 0.25) is 0 Å². The number of carbonyl (C=O) groups is 1. The number of benzene rings is 1. The molecule has 10 nitrogen and oxygen atoms in total. The van der Waals surface area contributed by atoms with Gasteiger partial charge >= 0.3 is 6.36 Å². The number of ether oxygens (including phenoxy) is 3. The molecule has 2 aromatic heterocycles. The monoisotopic (exact) mass is 608 g/mol. The molecule has 1 amide bonds. The molecule has 0 saturated carbocycles. The lowest BCUT2D eigenvalue weighted by atomic mass is 9.99. The maximum absolute atomic E-state index is 16.5. The Balaban J connectivity index is 1.51. The van der Waals surface area contributed by atoms with Crippen LogP contribution in [-0.4, -0.2) is 84.7 Å². The molecule has 0 radical (unpaired) electrons. The first-order valence-electron chi connectivity index (χ1n) is 13.6. The number of hydrogen-bond donors (Lipinski definition) is 2. The van der Waals surface area contributed by atoms with E-state index >= 15 is 4.39 Å². The number of piperazine rings is 1. The number of nitrogen functional groups attached to an aromatic ring is 1. The van der Waals surface area contributed by atoms with E-state index in [9.17, 15) is 22.4 Å². The van der Waals surface area contributed by atoms with E-state index in [2.05, 4.69) is 15.0 Å². The van der Waals surface area contributed by atoms with Gasteiger partial charge in [-0.15, -0.1) is 13.2 Å². The lowest BCUT2D eigenvalue weighted by Gasteiger charge is -2.45. The number of aromatic nitrogens is 2. The highest BCUT2D eigenvalue weighted by Gasteiger charge is 2.44.